The Morgan fingerprint density at radius 3 is 2.70 bits per heavy atom. The van der Waals surface area contributed by atoms with Crippen LogP contribution in [-0.4, -0.2) is 40.9 Å². The van der Waals surface area contributed by atoms with Crippen molar-refractivity contribution in [3.05, 3.63) is 90.4 Å². The van der Waals surface area contributed by atoms with Crippen LogP contribution in [0.1, 0.15) is 36.5 Å². The summed E-state index contributed by atoms with van der Waals surface area (Å²) in [5.41, 5.74) is 6.89. The Kier molecular flexibility index (Phi) is 5.84. The third-order valence-electron chi connectivity index (χ3n) is 6.17. The number of aromatic nitrogens is 1. The molecule has 1 aromatic carbocycles. The molecule has 1 aromatic heterocycles. The second-order valence-corrected chi connectivity index (χ2v) is 8.05. The van der Waals surface area contributed by atoms with Crippen LogP contribution in [0.25, 0.3) is 11.3 Å². The summed E-state index contributed by atoms with van der Waals surface area (Å²) in [6.45, 7) is 12.9. The molecular formula is C26H30N4. The first kappa shape index (κ1) is 20.1. The highest BCUT2D eigenvalue weighted by Crippen LogP contribution is 2.33. The van der Waals surface area contributed by atoms with Crippen molar-refractivity contribution in [2.24, 2.45) is 10.9 Å². The van der Waals surface area contributed by atoms with Gasteiger partial charge in [0.25, 0.3) is 0 Å². The number of aryl methyl sites for hydroxylation is 1. The predicted octanol–water partition coefficient (Wildman–Crippen LogP) is 5.23. The van der Waals surface area contributed by atoms with Crippen molar-refractivity contribution in [2.75, 3.05) is 20.1 Å². The number of likely N-dealkylation sites (N-methyl/N-ethyl adjacent to an activating group) is 1. The van der Waals surface area contributed by atoms with Crippen molar-refractivity contribution in [3.8, 4) is 0 Å². The van der Waals surface area contributed by atoms with Crippen LogP contribution >= 0.6 is 0 Å². The van der Waals surface area contributed by atoms with Gasteiger partial charge >= 0.3 is 0 Å². The molecule has 0 saturated carbocycles. The van der Waals surface area contributed by atoms with Crippen molar-refractivity contribution in [1.82, 2.24) is 14.8 Å². The van der Waals surface area contributed by atoms with E-state index in [-0.39, 0.29) is 0 Å². The summed E-state index contributed by atoms with van der Waals surface area (Å²) in [6, 6.07) is 12.7. The molecule has 4 heteroatoms. The first-order valence-corrected chi connectivity index (χ1v) is 10.7. The summed E-state index contributed by atoms with van der Waals surface area (Å²) in [5.74, 6) is 1.39. The summed E-state index contributed by atoms with van der Waals surface area (Å²) in [6.07, 6.45) is 8.97. The van der Waals surface area contributed by atoms with E-state index < -0.39 is 0 Å². The van der Waals surface area contributed by atoms with Gasteiger partial charge in [-0.25, -0.2) is 4.99 Å². The molecular weight excluding hydrogens is 368 g/mol. The highest BCUT2D eigenvalue weighted by Gasteiger charge is 2.29. The van der Waals surface area contributed by atoms with E-state index in [9.17, 15) is 0 Å². The molecule has 1 atom stereocenters. The third-order valence-corrected chi connectivity index (χ3v) is 6.17. The number of hydrogen-bond acceptors (Lipinski definition) is 4. The largest absolute Gasteiger partial charge is 0.342 e. The fraction of sp³-hybridized carbons (Fsp3) is 0.308. The molecule has 154 valence electrons. The van der Waals surface area contributed by atoms with E-state index in [0.717, 1.165) is 48.8 Å². The number of likely N-dealkylation sites (tertiary alicyclic amines) is 1. The van der Waals surface area contributed by atoms with Crippen LogP contribution in [0.5, 0.6) is 0 Å². The van der Waals surface area contributed by atoms with E-state index in [1.54, 1.807) is 12.4 Å². The fourth-order valence-electron chi connectivity index (χ4n) is 4.36. The van der Waals surface area contributed by atoms with E-state index in [0.29, 0.717) is 5.92 Å². The number of aliphatic imine (C=N–C) groups is 1. The highest BCUT2D eigenvalue weighted by molar-refractivity contribution is 5.91. The molecule has 0 radical (unpaired) electrons. The number of piperidine rings is 1. The molecule has 0 aliphatic carbocycles. The zero-order valence-corrected chi connectivity index (χ0v) is 18.0. The summed E-state index contributed by atoms with van der Waals surface area (Å²) in [5, 5.41) is 0. The van der Waals surface area contributed by atoms with Crippen LogP contribution in [0.15, 0.2) is 78.7 Å². The normalized spacial score (nSPS) is 19.4. The number of rotatable bonds is 4. The van der Waals surface area contributed by atoms with Crippen LogP contribution in [0.3, 0.4) is 0 Å². The van der Waals surface area contributed by atoms with Gasteiger partial charge in [-0.15, -0.1) is 0 Å². The van der Waals surface area contributed by atoms with Gasteiger partial charge in [0, 0.05) is 49.7 Å². The van der Waals surface area contributed by atoms with E-state index in [4.69, 9.17) is 4.99 Å². The zero-order chi connectivity index (χ0) is 21.1. The van der Waals surface area contributed by atoms with Gasteiger partial charge in [-0.1, -0.05) is 44.3 Å². The van der Waals surface area contributed by atoms with Crippen LogP contribution in [0.4, 0.5) is 0 Å². The lowest BCUT2D eigenvalue weighted by Crippen LogP contribution is -2.47. The SMILES string of the molecule is C=C(c1ccccc1CC)C1CCCN(C2=NC(c3ccncc3)=CC(=C)N2C)C1. The molecule has 0 N–H and O–H groups in total. The maximum atomic E-state index is 5.02. The van der Waals surface area contributed by atoms with Gasteiger partial charge < -0.3 is 9.80 Å². The molecule has 0 bridgehead atoms. The van der Waals surface area contributed by atoms with Gasteiger partial charge in [-0.05, 0) is 54.2 Å². The van der Waals surface area contributed by atoms with Crippen molar-refractivity contribution in [3.63, 3.8) is 0 Å². The standard InChI is InChI=1S/C26H30N4/c1-5-21-9-6-7-11-24(21)20(3)23-10-8-16-30(18-23)26-28-25(17-19(2)29(26)4)22-12-14-27-15-13-22/h6-7,9,11-15,17,23H,2-3,5,8,10,16,18H2,1,4H3. The van der Waals surface area contributed by atoms with E-state index >= 15 is 0 Å². The summed E-state index contributed by atoms with van der Waals surface area (Å²) >= 11 is 0. The van der Waals surface area contributed by atoms with Gasteiger partial charge in [0.1, 0.15) is 0 Å². The molecule has 4 rings (SSSR count). The molecule has 1 unspecified atom stereocenters. The van der Waals surface area contributed by atoms with Crippen LogP contribution < -0.4 is 0 Å². The molecule has 0 spiro atoms. The monoisotopic (exact) mass is 398 g/mol. The van der Waals surface area contributed by atoms with Crippen LogP contribution in [0.2, 0.25) is 0 Å². The average Bonchev–Trinajstić information content (AvgIpc) is 2.81. The molecule has 30 heavy (non-hydrogen) atoms. The molecule has 1 saturated heterocycles. The molecule has 2 aromatic rings. The van der Waals surface area contributed by atoms with Crippen molar-refractivity contribution in [2.45, 2.75) is 26.2 Å². The van der Waals surface area contributed by atoms with E-state index in [2.05, 4.69) is 59.1 Å². The highest BCUT2D eigenvalue weighted by atomic mass is 15.4. The minimum absolute atomic E-state index is 0.422. The molecule has 1 fully saturated rings. The van der Waals surface area contributed by atoms with Gasteiger partial charge in [0.2, 0.25) is 5.96 Å². The third kappa shape index (κ3) is 3.95. The van der Waals surface area contributed by atoms with E-state index in [1.165, 1.54) is 23.1 Å². The van der Waals surface area contributed by atoms with Gasteiger partial charge in [-0.2, -0.15) is 0 Å². The molecule has 4 nitrogen and oxygen atoms in total. The first-order valence-electron chi connectivity index (χ1n) is 10.7. The second-order valence-electron chi connectivity index (χ2n) is 8.05. The van der Waals surface area contributed by atoms with Crippen molar-refractivity contribution in [1.29, 1.82) is 0 Å². The smallest absolute Gasteiger partial charge is 0.206 e. The quantitative estimate of drug-likeness (QED) is 0.707. The van der Waals surface area contributed by atoms with Crippen molar-refractivity contribution >= 4 is 17.2 Å². The fourth-order valence-corrected chi connectivity index (χ4v) is 4.36. The summed E-state index contributed by atoms with van der Waals surface area (Å²) in [4.78, 5) is 13.6. The number of nitrogens with zero attached hydrogens (tertiary/aromatic N) is 4. The molecule has 2 aliphatic heterocycles. The Bertz CT molecular complexity index is 1000. The van der Waals surface area contributed by atoms with Crippen LogP contribution in [-0.2, 0) is 6.42 Å². The maximum absolute atomic E-state index is 5.02. The number of pyridine rings is 1. The minimum Gasteiger partial charge on any atom is -0.342 e. The Hall–Kier alpha value is -3.14. The molecule has 0 amide bonds. The Morgan fingerprint density at radius 1 is 1.17 bits per heavy atom. The Morgan fingerprint density at radius 2 is 1.93 bits per heavy atom. The average molecular weight is 399 g/mol. The van der Waals surface area contributed by atoms with Crippen molar-refractivity contribution < 1.29 is 0 Å². The molecule has 2 aliphatic rings. The molecule has 3 heterocycles. The van der Waals surface area contributed by atoms with Crippen LogP contribution in [0, 0.1) is 5.92 Å². The number of guanidine groups is 1. The summed E-state index contributed by atoms with van der Waals surface area (Å²) in [7, 11) is 2.05. The van der Waals surface area contributed by atoms with E-state index in [1.807, 2.05) is 25.3 Å². The van der Waals surface area contributed by atoms with Gasteiger partial charge in [-0.3, -0.25) is 4.98 Å². The summed E-state index contributed by atoms with van der Waals surface area (Å²) < 4.78 is 0. The predicted molar refractivity (Wildman–Crippen MR) is 126 cm³/mol. The first-order chi connectivity index (χ1) is 14.6. The lowest BCUT2D eigenvalue weighted by Gasteiger charge is -2.40. The zero-order valence-electron chi connectivity index (χ0n) is 18.0. The second kappa shape index (κ2) is 8.70. The topological polar surface area (TPSA) is 31.7 Å². The maximum Gasteiger partial charge on any atom is 0.206 e. The number of allylic oxidation sites excluding steroid dienone is 1. The lowest BCUT2D eigenvalue weighted by atomic mass is 9.85. The minimum atomic E-state index is 0.422. The van der Waals surface area contributed by atoms with Gasteiger partial charge in [0.05, 0.1) is 5.70 Å². The Labute approximate surface area is 180 Å². The number of hydrogen-bond donors (Lipinski definition) is 0. The van der Waals surface area contributed by atoms with Gasteiger partial charge in [0.15, 0.2) is 0 Å². The lowest BCUT2D eigenvalue weighted by molar-refractivity contribution is 0.275. The Balaban J connectivity index is 1.59. The number of benzene rings is 1.